The molecule has 1 aromatic heterocycles. The zero-order chi connectivity index (χ0) is 13.0. The molecule has 0 radical (unpaired) electrons. The van der Waals surface area contributed by atoms with E-state index in [9.17, 15) is 0 Å². The Morgan fingerprint density at radius 1 is 1.00 bits per heavy atom. The van der Waals surface area contributed by atoms with Crippen LogP contribution >= 0.6 is 11.6 Å². The molecule has 0 amide bonds. The number of hydrogen-bond acceptors (Lipinski definition) is 4. The molecule has 0 atom stereocenters. The van der Waals surface area contributed by atoms with Crippen LogP contribution in [-0.4, -0.2) is 24.2 Å². The van der Waals surface area contributed by atoms with Gasteiger partial charge in [0, 0.05) is 11.4 Å². The van der Waals surface area contributed by atoms with Gasteiger partial charge in [-0.05, 0) is 17.7 Å². The lowest BCUT2D eigenvalue weighted by molar-refractivity contribution is 0.369. The number of methoxy groups -OCH3 is 2. The number of hydrogen-bond donors (Lipinski definition) is 0. The molecular weight excluding hydrogens is 252 g/mol. The number of aromatic nitrogens is 2. The molecule has 5 heteroatoms. The van der Waals surface area contributed by atoms with Gasteiger partial charge in [-0.1, -0.05) is 23.7 Å². The Hall–Kier alpha value is -1.81. The van der Waals surface area contributed by atoms with Gasteiger partial charge in [0.2, 0.25) is 11.8 Å². The first-order chi connectivity index (χ1) is 8.71. The van der Waals surface area contributed by atoms with Crippen molar-refractivity contribution >= 4 is 11.6 Å². The van der Waals surface area contributed by atoms with Crippen LogP contribution in [0.5, 0.6) is 11.8 Å². The Labute approximate surface area is 111 Å². The molecule has 0 bridgehead atoms. The van der Waals surface area contributed by atoms with Crippen LogP contribution in [0.2, 0.25) is 5.02 Å². The van der Waals surface area contributed by atoms with Gasteiger partial charge in [0.25, 0.3) is 0 Å². The van der Waals surface area contributed by atoms with E-state index in [1.165, 1.54) is 0 Å². The van der Waals surface area contributed by atoms with Crippen LogP contribution in [0.15, 0.2) is 30.3 Å². The van der Waals surface area contributed by atoms with E-state index in [-0.39, 0.29) is 0 Å². The second-order valence-electron chi connectivity index (χ2n) is 3.67. The molecule has 94 valence electrons. The Morgan fingerprint density at radius 3 is 2.06 bits per heavy atom. The number of rotatable bonds is 4. The number of benzene rings is 1. The molecular formula is C13H13ClN2O2. The molecule has 0 N–H and O–H groups in total. The van der Waals surface area contributed by atoms with Crippen molar-refractivity contribution in [1.82, 2.24) is 9.97 Å². The lowest BCUT2D eigenvalue weighted by Crippen LogP contribution is -2.01. The first-order valence-electron chi connectivity index (χ1n) is 5.41. The molecule has 0 unspecified atom stereocenters. The van der Waals surface area contributed by atoms with Gasteiger partial charge in [0.1, 0.15) is 5.82 Å². The molecule has 0 saturated carbocycles. The van der Waals surface area contributed by atoms with Crippen LogP contribution in [0, 0.1) is 0 Å². The third-order valence-electron chi connectivity index (χ3n) is 2.42. The van der Waals surface area contributed by atoms with Crippen LogP contribution in [-0.2, 0) is 6.42 Å². The molecule has 0 aliphatic rings. The van der Waals surface area contributed by atoms with Crippen molar-refractivity contribution < 1.29 is 9.47 Å². The monoisotopic (exact) mass is 264 g/mol. The Balaban J connectivity index is 2.25. The molecule has 1 aromatic carbocycles. The zero-order valence-electron chi connectivity index (χ0n) is 10.2. The lowest BCUT2D eigenvalue weighted by atomic mass is 10.1. The molecule has 2 rings (SSSR count). The molecule has 18 heavy (non-hydrogen) atoms. The average Bonchev–Trinajstić information content (AvgIpc) is 2.41. The zero-order valence-corrected chi connectivity index (χ0v) is 10.9. The maximum absolute atomic E-state index is 5.84. The smallest absolute Gasteiger partial charge is 0.220 e. The predicted molar refractivity (Wildman–Crippen MR) is 69.4 cm³/mol. The van der Waals surface area contributed by atoms with Crippen LogP contribution in [0.4, 0.5) is 0 Å². The molecule has 2 aromatic rings. The molecule has 0 fully saturated rings. The summed E-state index contributed by atoms with van der Waals surface area (Å²) in [7, 11) is 3.13. The minimum Gasteiger partial charge on any atom is -0.481 e. The molecule has 0 spiro atoms. The Morgan fingerprint density at radius 2 is 1.56 bits per heavy atom. The summed E-state index contributed by atoms with van der Waals surface area (Å²) in [6.07, 6.45) is 0.602. The van der Waals surface area contributed by atoms with Gasteiger partial charge in [-0.25, -0.2) is 0 Å². The summed E-state index contributed by atoms with van der Waals surface area (Å²) in [5.74, 6) is 1.63. The van der Waals surface area contributed by atoms with Crippen molar-refractivity contribution in [3.63, 3.8) is 0 Å². The largest absolute Gasteiger partial charge is 0.481 e. The minimum absolute atomic E-state index is 0.491. The quantitative estimate of drug-likeness (QED) is 0.852. The van der Waals surface area contributed by atoms with Gasteiger partial charge in [0.05, 0.1) is 20.3 Å². The van der Waals surface area contributed by atoms with E-state index in [4.69, 9.17) is 21.1 Å². The Bertz CT molecular complexity index is 507. The van der Waals surface area contributed by atoms with E-state index < -0.39 is 0 Å². The van der Waals surface area contributed by atoms with Gasteiger partial charge >= 0.3 is 0 Å². The number of halogens is 1. The van der Waals surface area contributed by atoms with Crippen molar-refractivity contribution in [2.45, 2.75) is 6.42 Å². The second-order valence-corrected chi connectivity index (χ2v) is 4.11. The molecule has 1 heterocycles. The van der Waals surface area contributed by atoms with Crippen LogP contribution in [0.1, 0.15) is 11.4 Å². The van der Waals surface area contributed by atoms with E-state index >= 15 is 0 Å². The SMILES string of the molecule is COc1cc(OC)nc(Cc2ccc(Cl)cc2)n1. The van der Waals surface area contributed by atoms with Crippen LogP contribution < -0.4 is 9.47 Å². The average molecular weight is 265 g/mol. The number of ether oxygens (including phenoxy) is 2. The van der Waals surface area contributed by atoms with Gasteiger partial charge < -0.3 is 9.47 Å². The summed E-state index contributed by atoms with van der Waals surface area (Å²) in [6.45, 7) is 0. The summed E-state index contributed by atoms with van der Waals surface area (Å²) >= 11 is 5.84. The highest BCUT2D eigenvalue weighted by Gasteiger charge is 2.06. The highest BCUT2D eigenvalue weighted by Crippen LogP contribution is 2.17. The normalized spacial score (nSPS) is 10.2. The summed E-state index contributed by atoms with van der Waals surface area (Å²) in [6, 6.07) is 9.21. The van der Waals surface area contributed by atoms with Gasteiger partial charge in [-0.2, -0.15) is 9.97 Å². The van der Waals surface area contributed by atoms with Crippen molar-refractivity contribution in [3.05, 3.63) is 46.7 Å². The maximum atomic E-state index is 5.84. The van der Waals surface area contributed by atoms with E-state index in [1.54, 1.807) is 20.3 Å². The first kappa shape index (κ1) is 12.6. The van der Waals surface area contributed by atoms with Gasteiger partial charge in [0.15, 0.2) is 0 Å². The number of nitrogens with zero attached hydrogens (tertiary/aromatic N) is 2. The van der Waals surface area contributed by atoms with Crippen molar-refractivity contribution in [2.75, 3.05) is 14.2 Å². The third kappa shape index (κ3) is 3.11. The fourth-order valence-electron chi connectivity index (χ4n) is 1.52. The van der Waals surface area contributed by atoms with Crippen LogP contribution in [0.3, 0.4) is 0 Å². The van der Waals surface area contributed by atoms with Crippen molar-refractivity contribution in [2.24, 2.45) is 0 Å². The molecule has 0 aliphatic heterocycles. The van der Waals surface area contributed by atoms with Gasteiger partial charge in [-0.3, -0.25) is 0 Å². The van der Waals surface area contributed by atoms with E-state index in [2.05, 4.69) is 9.97 Å². The summed E-state index contributed by atoms with van der Waals surface area (Å²) in [4.78, 5) is 8.54. The summed E-state index contributed by atoms with van der Waals surface area (Å²) < 4.78 is 10.2. The first-order valence-corrected chi connectivity index (χ1v) is 5.79. The third-order valence-corrected chi connectivity index (χ3v) is 2.67. The minimum atomic E-state index is 0.491. The topological polar surface area (TPSA) is 44.2 Å². The summed E-state index contributed by atoms with van der Waals surface area (Å²) in [5, 5.41) is 0.711. The fraction of sp³-hybridized carbons (Fsp3) is 0.231. The Kier molecular flexibility index (Phi) is 3.99. The second kappa shape index (κ2) is 5.69. The highest BCUT2D eigenvalue weighted by atomic mass is 35.5. The van der Waals surface area contributed by atoms with Crippen molar-refractivity contribution in [3.8, 4) is 11.8 Å². The molecule has 0 saturated heterocycles. The van der Waals surface area contributed by atoms with Gasteiger partial charge in [-0.15, -0.1) is 0 Å². The highest BCUT2D eigenvalue weighted by molar-refractivity contribution is 6.30. The van der Waals surface area contributed by atoms with E-state index in [0.29, 0.717) is 29.0 Å². The summed E-state index contributed by atoms with van der Waals surface area (Å²) in [5.41, 5.74) is 1.08. The lowest BCUT2D eigenvalue weighted by Gasteiger charge is -2.06. The van der Waals surface area contributed by atoms with E-state index in [0.717, 1.165) is 5.56 Å². The molecule has 0 aliphatic carbocycles. The predicted octanol–water partition coefficient (Wildman–Crippen LogP) is 2.74. The van der Waals surface area contributed by atoms with E-state index in [1.807, 2.05) is 24.3 Å². The van der Waals surface area contributed by atoms with Crippen LogP contribution in [0.25, 0.3) is 0 Å². The maximum Gasteiger partial charge on any atom is 0.220 e. The van der Waals surface area contributed by atoms with Crippen molar-refractivity contribution in [1.29, 1.82) is 0 Å². The standard InChI is InChI=1S/C13H13ClN2O2/c1-17-12-8-13(18-2)16-11(15-12)7-9-3-5-10(14)6-4-9/h3-6,8H,7H2,1-2H3. The fourth-order valence-corrected chi connectivity index (χ4v) is 1.65. The molecule has 4 nitrogen and oxygen atoms in total.